The van der Waals surface area contributed by atoms with Gasteiger partial charge in [-0.25, -0.2) is 0 Å². The summed E-state index contributed by atoms with van der Waals surface area (Å²) >= 11 is 6.17. The van der Waals surface area contributed by atoms with Crippen LogP contribution in [0.3, 0.4) is 0 Å². The van der Waals surface area contributed by atoms with Crippen LogP contribution in [0, 0.1) is 6.92 Å². The Labute approximate surface area is 112 Å². The van der Waals surface area contributed by atoms with E-state index < -0.39 is 0 Å². The Hall–Kier alpha value is -1.48. The number of para-hydroxylation sites is 1. The van der Waals surface area contributed by atoms with E-state index in [1.807, 2.05) is 32.2 Å². The van der Waals surface area contributed by atoms with E-state index in [2.05, 4.69) is 18.1 Å². The molecule has 2 rings (SSSR count). The third kappa shape index (κ3) is 2.51. The molecule has 18 heavy (non-hydrogen) atoms. The Morgan fingerprint density at radius 3 is 2.67 bits per heavy atom. The minimum absolute atomic E-state index is 0.454. The molecule has 1 aromatic heterocycles. The summed E-state index contributed by atoms with van der Waals surface area (Å²) in [5.41, 5.74) is 3.07. The van der Waals surface area contributed by atoms with Gasteiger partial charge in [-0.15, -0.1) is 0 Å². The lowest BCUT2D eigenvalue weighted by molar-refractivity contribution is 0.302. The summed E-state index contributed by atoms with van der Waals surface area (Å²) in [6, 6.07) is 8.06. The predicted octanol–water partition coefficient (Wildman–Crippen LogP) is 3.52. The van der Waals surface area contributed by atoms with Gasteiger partial charge in [-0.05, 0) is 25.0 Å². The lowest BCUT2D eigenvalue weighted by atomic mass is 10.1. The highest BCUT2D eigenvalue weighted by molar-refractivity contribution is 6.30. The minimum atomic E-state index is 0.454. The molecule has 0 aliphatic heterocycles. The van der Waals surface area contributed by atoms with E-state index in [4.69, 9.17) is 16.3 Å². The smallest absolute Gasteiger partial charge is 0.133 e. The molecule has 0 spiro atoms. The second-order valence-corrected chi connectivity index (χ2v) is 4.59. The Morgan fingerprint density at radius 1 is 1.33 bits per heavy atom. The van der Waals surface area contributed by atoms with Crippen LogP contribution >= 0.6 is 11.6 Å². The number of aromatic nitrogens is 2. The van der Waals surface area contributed by atoms with Gasteiger partial charge in [0.05, 0.1) is 5.69 Å². The van der Waals surface area contributed by atoms with Gasteiger partial charge in [0.1, 0.15) is 17.5 Å². The number of nitrogens with zero attached hydrogens (tertiary/aromatic N) is 2. The molecular formula is C14H17ClN2O. The van der Waals surface area contributed by atoms with Crippen molar-refractivity contribution in [2.24, 2.45) is 7.05 Å². The molecule has 0 radical (unpaired) electrons. The highest BCUT2D eigenvalue weighted by Gasteiger charge is 2.12. The van der Waals surface area contributed by atoms with E-state index in [1.54, 1.807) is 4.68 Å². The molecule has 0 N–H and O–H groups in total. The first kappa shape index (κ1) is 13.0. The number of ether oxygens (including phenoxy) is 1. The number of hydrogen-bond donors (Lipinski definition) is 0. The molecule has 96 valence electrons. The second-order valence-electron chi connectivity index (χ2n) is 4.23. The van der Waals surface area contributed by atoms with Crippen LogP contribution in [0.5, 0.6) is 5.75 Å². The normalized spacial score (nSPS) is 10.7. The Kier molecular flexibility index (Phi) is 3.92. The minimum Gasteiger partial charge on any atom is -0.488 e. The van der Waals surface area contributed by atoms with Crippen molar-refractivity contribution in [2.45, 2.75) is 26.9 Å². The van der Waals surface area contributed by atoms with Crippen LogP contribution in [0.2, 0.25) is 5.15 Å². The van der Waals surface area contributed by atoms with Gasteiger partial charge in [-0.3, -0.25) is 4.68 Å². The van der Waals surface area contributed by atoms with E-state index in [1.165, 1.54) is 5.56 Å². The zero-order valence-corrected chi connectivity index (χ0v) is 11.7. The van der Waals surface area contributed by atoms with Crippen LogP contribution in [0.15, 0.2) is 24.3 Å². The summed E-state index contributed by atoms with van der Waals surface area (Å²) in [6.07, 6.45) is 0.954. The van der Waals surface area contributed by atoms with Crippen molar-refractivity contribution in [1.82, 2.24) is 9.78 Å². The first-order valence-electron chi connectivity index (χ1n) is 6.02. The van der Waals surface area contributed by atoms with E-state index >= 15 is 0 Å². The zero-order valence-electron chi connectivity index (χ0n) is 10.9. The van der Waals surface area contributed by atoms with Crippen molar-refractivity contribution in [1.29, 1.82) is 0 Å². The largest absolute Gasteiger partial charge is 0.488 e. The average Bonchev–Trinajstić information content (AvgIpc) is 2.62. The molecule has 0 fully saturated rings. The van der Waals surface area contributed by atoms with Crippen LogP contribution in [0.1, 0.15) is 23.7 Å². The lowest BCUT2D eigenvalue weighted by Crippen LogP contribution is -1.99. The van der Waals surface area contributed by atoms with Crippen LogP contribution in [0.25, 0.3) is 0 Å². The molecule has 0 saturated carbocycles. The SMILES string of the molecule is CCc1ccccc1OCc1c(C)nn(C)c1Cl. The summed E-state index contributed by atoms with van der Waals surface area (Å²) in [4.78, 5) is 0. The quantitative estimate of drug-likeness (QED) is 0.845. The fourth-order valence-electron chi connectivity index (χ4n) is 1.92. The van der Waals surface area contributed by atoms with Crippen molar-refractivity contribution >= 4 is 11.6 Å². The maximum Gasteiger partial charge on any atom is 0.133 e. The molecular weight excluding hydrogens is 248 g/mol. The molecule has 3 nitrogen and oxygen atoms in total. The maximum atomic E-state index is 6.17. The highest BCUT2D eigenvalue weighted by atomic mass is 35.5. The number of halogens is 1. The monoisotopic (exact) mass is 264 g/mol. The zero-order chi connectivity index (χ0) is 13.1. The standard InChI is InChI=1S/C14H17ClN2O/c1-4-11-7-5-6-8-13(11)18-9-12-10(2)16-17(3)14(12)15/h5-8H,4,9H2,1-3H3. The number of rotatable bonds is 4. The van der Waals surface area contributed by atoms with Crippen molar-refractivity contribution in [3.05, 3.63) is 46.2 Å². The van der Waals surface area contributed by atoms with Crippen molar-refractivity contribution in [2.75, 3.05) is 0 Å². The molecule has 1 heterocycles. The number of aryl methyl sites for hydroxylation is 3. The van der Waals surface area contributed by atoms with Gasteiger partial charge in [-0.1, -0.05) is 36.7 Å². The van der Waals surface area contributed by atoms with Gasteiger partial charge in [0.25, 0.3) is 0 Å². The Morgan fingerprint density at radius 2 is 2.06 bits per heavy atom. The lowest BCUT2D eigenvalue weighted by Gasteiger charge is -2.10. The van der Waals surface area contributed by atoms with Gasteiger partial charge < -0.3 is 4.74 Å². The molecule has 0 saturated heterocycles. The summed E-state index contributed by atoms with van der Waals surface area (Å²) < 4.78 is 7.52. The predicted molar refractivity (Wildman–Crippen MR) is 73.1 cm³/mol. The van der Waals surface area contributed by atoms with Crippen LogP contribution in [-0.2, 0) is 20.1 Å². The third-order valence-electron chi connectivity index (χ3n) is 3.00. The summed E-state index contributed by atoms with van der Waals surface area (Å²) in [5.74, 6) is 0.916. The van der Waals surface area contributed by atoms with Crippen LogP contribution in [0.4, 0.5) is 0 Å². The molecule has 0 atom stereocenters. The Balaban J connectivity index is 2.16. The van der Waals surface area contributed by atoms with Gasteiger partial charge in [-0.2, -0.15) is 5.10 Å². The topological polar surface area (TPSA) is 27.1 Å². The molecule has 0 bridgehead atoms. The number of hydrogen-bond acceptors (Lipinski definition) is 2. The number of benzene rings is 1. The van der Waals surface area contributed by atoms with Gasteiger partial charge in [0.2, 0.25) is 0 Å². The fraction of sp³-hybridized carbons (Fsp3) is 0.357. The molecule has 0 aliphatic carbocycles. The average molecular weight is 265 g/mol. The van der Waals surface area contributed by atoms with E-state index in [0.717, 1.165) is 23.4 Å². The van der Waals surface area contributed by atoms with Gasteiger partial charge >= 0.3 is 0 Å². The second kappa shape index (κ2) is 5.44. The maximum absolute atomic E-state index is 6.17. The highest BCUT2D eigenvalue weighted by Crippen LogP contribution is 2.23. The third-order valence-corrected chi connectivity index (χ3v) is 3.47. The van der Waals surface area contributed by atoms with E-state index in [0.29, 0.717) is 11.8 Å². The molecule has 4 heteroatoms. The first-order valence-corrected chi connectivity index (χ1v) is 6.40. The molecule has 0 aliphatic rings. The van der Waals surface area contributed by atoms with E-state index in [-0.39, 0.29) is 0 Å². The molecule has 2 aromatic rings. The molecule has 0 amide bonds. The van der Waals surface area contributed by atoms with Crippen LogP contribution < -0.4 is 4.74 Å². The Bertz CT molecular complexity index is 549. The summed E-state index contributed by atoms with van der Waals surface area (Å²) in [5, 5.41) is 4.91. The van der Waals surface area contributed by atoms with Crippen molar-refractivity contribution in [3.8, 4) is 5.75 Å². The van der Waals surface area contributed by atoms with Crippen molar-refractivity contribution < 1.29 is 4.74 Å². The fourth-order valence-corrected chi connectivity index (χ4v) is 2.15. The van der Waals surface area contributed by atoms with Gasteiger partial charge in [0, 0.05) is 12.6 Å². The van der Waals surface area contributed by atoms with E-state index in [9.17, 15) is 0 Å². The summed E-state index contributed by atoms with van der Waals surface area (Å²) in [7, 11) is 1.83. The molecule has 1 aromatic carbocycles. The van der Waals surface area contributed by atoms with Gasteiger partial charge in [0.15, 0.2) is 0 Å². The van der Waals surface area contributed by atoms with Crippen LogP contribution in [-0.4, -0.2) is 9.78 Å². The first-order chi connectivity index (χ1) is 8.63. The molecule has 0 unspecified atom stereocenters. The van der Waals surface area contributed by atoms with Crippen molar-refractivity contribution in [3.63, 3.8) is 0 Å². The summed E-state index contributed by atoms with van der Waals surface area (Å²) in [6.45, 7) is 4.51.